The van der Waals surface area contributed by atoms with Gasteiger partial charge in [-0.2, -0.15) is 0 Å². The molecule has 2 N–H and O–H groups in total. The molecule has 0 unspecified atom stereocenters. The van der Waals surface area contributed by atoms with Crippen molar-refractivity contribution in [3.05, 3.63) is 41.4 Å². The average molecular weight is 453 g/mol. The number of halogens is 1. The van der Waals surface area contributed by atoms with Gasteiger partial charge >= 0.3 is 0 Å². The maximum absolute atomic E-state index is 12.6. The molecule has 1 aliphatic rings. The van der Waals surface area contributed by atoms with Gasteiger partial charge in [-0.15, -0.1) is 0 Å². The van der Waals surface area contributed by atoms with Gasteiger partial charge in [-0.25, -0.2) is 8.42 Å². The zero-order valence-electron chi connectivity index (χ0n) is 16.9. The number of nitrogens with one attached hydrogen (secondary N) is 2. The summed E-state index contributed by atoms with van der Waals surface area (Å²) in [6.45, 7) is -0.0124. The zero-order valence-corrected chi connectivity index (χ0v) is 18.5. The fraction of sp³-hybridized carbons (Fsp3) is 0.381. The third-order valence-corrected chi connectivity index (χ3v) is 7.70. The van der Waals surface area contributed by atoms with Crippen LogP contribution >= 0.6 is 11.6 Å². The van der Waals surface area contributed by atoms with Crippen LogP contribution in [0.15, 0.2) is 41.3 Å². The number of rotatable bonds is 8. The van der Waals surface area contributed by atoms with Crippen LogP contribution in [0.2, 0.25) is 5.02 Å². The Morgan fingerprint density at radius 2 is 1.70 bits per heavy atom. The van der Waals surface area contributed by atoms with Gasteiger partial charge in [-0.05, 0) is 43.2 Å². The molecule has 9 heteroatoms. The Bertz CT molecular complexity index is 1000. The molecular weight excluding hydrogens is 428 g/mol. The van der Waals surface area contributed by atoms with E-state index >= 15 is 0 Å². The Morgan fingerprint density at radius 1 is 1.07 bits per heavy atom. The van der Waals surface area contributed by atoms with Crippen LogP contribution in [-0.4, -0.2) is 40.3 Å². The Balaban J connectivity index is 1.61. The predicted octanol–water partition coefficient (Wildman–Crippen LogP) is 4.12. The Labute approximate surface area is 181 Å². The lowest BCUT2D eigenvalue weighted by Gasteiger charge is -2.14. The van der Waals surface area contributed by atoms with Crippen molar-refractivity contribution in [2.45, 2.75) is 35.8 Å². The highest BCUT2D eigenvalue weighted by molar-refractivity contribution is 7.92. The molecule has 0 bridgehead atoms. The minimum absolute atomic E-state index is 0.0124. The van der Waals surface area contributed by atoms with Crippen LogP contribution in [0.3, 0.4) is 0 Å². The molecule has 0 heterocycles. The molecule has 1 aliphatic carbocycles. The second-order valence-electron chi connectivity index (χ2n) is 7.06. The van der Waals surface area contributed by atoms with Gasteiger partial charge in [-0.1, -0.05) is 24.4 Å². The fourth-order valence-corrected chi connectivity index (χ4v) is 5.58. The molecule has 0 atom stereocenters. The summed E-state index contributed by atoms with van der Waals surface area (Å²) >= 11 is 6.12. The van der Waals surface area contributed by atoms with Crippen molar-refractivity contribution in [1.82, 2.24) is 0 Å². The topological polar surface area (TPSA) is 93.7 Å². The number of carbonyl (C=O) groups is 1. The van der Waals surface area contributed by atoms with Crippen molar-refractivity contribution in [1.29, 1.82) is 0 Å². The first-order chi connectivity index (χ1) is 14.3. The average Bonchev–Trinajstić information content (AvgIpc) is 3.29. The second kappa shape index (κ2) is 9.57. The molecule has 0 spiro atoms. The Morgan fingerprint density at radius 3 is 2.30 bits per heavy atom. The summed E-state index contributed by atoms with van der Waals surface area (Å²) in [6.07, 6.45) is 3.37. The smallest absolute Gasteiger partial charge is 0.243 e. The van der Waals surface area contributed by atoms with Gasteiger partial charge in [0.05, 0.1) is 41.6 Å². The molecule has 162 valence electrons. The van der Waals surface area contributed by atoms with Crippen molar-refractivity contribution in [2.75, 3.05) is 31.4 Å². The van der Waals surface area contributed by atoms with E-state index in [9.17, 15) is 13.2 Å². The third-order valence-electron chi connectivity index (χ3n) is 5.12. The first-order valence-corrected chi connectivity index (χ1v) is 11.6. The quantitative estimate of drug-likeness (QED) is 0.625. The third kappa shape index (κ3) is 4.99. The van der Waals surface area contributed by atoms with Gasteiger partial charge in [0.15, 0.2) is 9.84 Å². The summed E-state index contributed by atoms with van der Waals surface area (Å²) in [7, 11) is -0.312. The van der Waals surface area contributed by atoms with Gasteiger partial charge < -0.3 is 20.1 Å². The number of methoxy groups -OCH3 is 2. The molecule has 1 amide bonds. The Hall–Kier alpha value is -2.45. The van der Waals surface area contributed by atoms with Crippen LogP contribution in [-0.2, 0) is 14.6 Å². The molecule has 3 rings (SSSR count). The maximum Gasteiger partial charge on any atom is 0.243 e. The van der Waals surface area contributed by atoms with E-state index in [2.05, 4.69) is 10.6 Å². The van der Waals surface area contributed by atoms with Crippen LogP contribution in [0.25, 0.3) is 0 Å². The van der Waals surface area contributed by atoms with E-state index < -0.39 is 9.84 Å². The number of hydrogen-bond donors (Lipinski definition) is 2. The molecular formula is C21H25ClN2O5S. The number of carbonyl (C=O) groups excluding carboxylic acids is 1. The van der Waals surface area contributed by atoms with Crippen LogP contribution in [0.5, 0.6) is 11.5 Å². The number of anilines is 2. The molecule has 0 aliphatic heterocycles. The number of amides is 1. The van der Waals surface area contributed by atoms with E-state index in [1.165, 1.54) is 14.2 Å². The molecule has 1 saturated carbocycles. The van der Waals surface area contributed by atoms with E-state index in [1.54, 1.807) is 36.4 Å². The summed E-state index contributed by atoms with van der Waals surface area (Å²) in [5.74, 6) is 0.556. The lowest BCUT2D eigenvalue weighted by atomic mass is 10.2. The number of hydrogen-bond acceptors (Lipinski definition) is 6. The highest BCUT2D eigenvalue weighted by Crippen LogP contribution is 2.36. The van der Waals surface area contributed by atoms with Crippen molar-refractivity contribution < 1.29 is 22.7 Å². The SMILES string of the molecule is COc1cc(OC)c(NC(=O)CNc2ccc(S(=O)(=O)C3CCCC3)cc2)cc1Cl. The molecule has 7 nitrogen and oxygen atoms in total. The minimum atomic E-state index is -3.29. The molecule has 0 aromatic heterocycles. The molecule has 2 aromatic carbocycles. The van der Waals surface area contributed by atoms with Crippen molar-refractivity contribution in [3.8, 4) is 11.5 Å². The number of ether oxygens (including phenoxy) is 2. The predicted molar refractivity (Wildman–Crippen MR) is 118 cm³/mol. The Kier molecular flexibility index (Phi) is 7.10. The highest BCUT2D eigenvalue weighted by atomic mass is 35.5. The van der Waals surface area contributed by atoms with Gasteiger partial charge in [0.2, 0.25) is 5.91 Å². The zero-order chi connectivity index (χ0) is 21.7. The van der Waals surface area contributed by atoms with E-state index in [4.69, 9.17) is 21.1 Å². The van der Waals surface area contributed by atoms with E-state index in [1.807, 2.05) is 0 Å². The lowest BCUT2D eigenvalue weighted by molar-refractivity contribution is -0.114. The van der Waals surface area contributed by atoms with Gasteiger partial charge in [-0.3, -0.25) is 4.79 Å². The first kappa shape index (κ1) is 22.2. The molecule has 2 aromatic rings. The molecule has 0 radical (unpaired) electrons. The van der Waals surface area contributed by atoms with Crippen molar-refractivity contribution >= 4 is 38.7 Å². The van der Waals surface area contributed by atoms with Gasteiger partial charge in [0.25, 0.3) is 0 Å². The van der Waals surface area contributed by atoms with Crippen LogP contribution < -0.4 is 20.1 Å². The van der Waals surface area contributed by atoms with E-state index in [-0.39, 0.29) is 17.7 Å². The van der Waals surface area contributed by atoms with Crippen LogP contribution in [0.4, 0.5) is 11.4 Å². The van der Waals surface area contributed by atoms with Crippen molar-refractivity contribution in [2.24, 2.45) is 0 Å². The van der Waals surface area contributed by atoms with Crippen LogP contribution in [0, 0.1) is 0 Å². The van der Waals surface area contributed by atoms with Crippen molar-refractivity contribution in [3.63, 3.8) is 0 Å². The van der Waals surface area contributed by atoms with Gasteiger partial charge in [0.1, 0.15) is 11.5 Å². The highest BCUT2D eigenvalue weighted by Gasteiger charge is 2.30. The monoisotopic (exact) mass is 452 g/mol. The standard InChI is InChI=1S/C21H25ClN2O5S/c1-28-19-12-20(29-2)18(11-17(19)22)24-21(25)13-23-14-7-9-16(10-8-14)30(26,27)15-5-3-4-6-15/h7-12,15,23H,3-6,13H2,1-2H3,(H,24,25). The summed E-state index contributed by atoms with van der Waals surface area (Å²) in [5, 5.41) is 5.78. The summed E-state index contributed by atoms with van der Waals surface area (Å²) in [4.78, 5) is 12.6. The normalized spacial score (nSPS) is 14.4. The number of benzene rings is 2. The second-order valence-corrected chi connectivity index (χ2v) is 9.70. The largest absolute Gasteiger partial charge is 0.495 e. The van der Waals surface area contributed by atoms with E-state index in [0.29, 0.717) is 32.8 Å². The molecule has 30 heavy (non-hydrogen) atoms. The maximum atomic E-state index is 12.6. The molecule has 1 fully saturated rings. The lowest BCUT2D eigenvalue weighted by Crippen LogP contribution is -2.22. The van der Waals surface area contributed by atoms with Crippen LogP contribution in [0.1, 0.15) is 25.7 Å². The molecule has 0 saturated heterocycles. The summed E-state index contributed by atoms with van der Waals surface area (Å²) in [6, 6.07) is 9.65. The minimum Gasteiger partial charge on any atom is -0.495 e. The van der Waals surface area contributed by atoms with Gasteiger partial charge in [0, 0.05) is 11.8 Å². The fourth-order valence-electron chi connectivity index (χ4n) is 3.49. The summed E-state index contributed by atoms with van der Waals surface area (Å²) in [5.41, 5.74) is 1.07. The summed E-state index contributed by atoms with van der Waals surface area (Å²) < 4.78 is 35.7. The number of sulfone groups is 1. The first-order valence-electron chi connectivity index (χ1n) is 9.64. The van der Waals surface area contributed by atoms with E-state index in [0.717, 1.165) is 25.7 Å².